The van der Waals surface area contributed by atoms with Gasteiger partial charge in [-0.25, -0.2) is 0 Å². The van der Waals surface area contributed by atoms with Gasteiger partial charge in [-0.15, -0.1) is 0 Å². The lowest BCUT2D eigenvalue weighted by Crippen LogP contribution is -2.27. The molecule has 0 aliphatic carbocycles. The second-order valence-corrected chi connectivity index (χ2v) is 6.84. The average Bonchev–Trinajstić information content (AvgIpc) is 2.57. The van der Waals surface area contributed by atoms with Crippen LogP contribution < -0.4 is 10.6 Å². The minimum atomic E-state index is -1.53. The Kier molecular flexibility index (Phi) is 6.89. The minimum Gasteiger partial charge on any atom is -0.368 e. The van der Waals surface area contributed by atoms with E-state index in [9.17, 15) is 14.9 Å². The van der Waals surface area contributed by atoms with Gasteiger partial charge in [0.05, 0.1) is 16.2 Å². The number of nitrogens with zero attached hydrogens (tertiary/aromatic N) is 1. The molecule has 0 aliphatic rings. The molecule has 0 saturated heterocycles. The normalized spacial score (nSPS) is 10.7. The van der Waals surface area contributed by atoms with Crippen LogP contribution in [0.5, 0.6) is 0 Å². The van der Waals surface area contributed by atoms with Gasteiger partial charge in [0, 0.05) is 34.4 Å². The van der Waals surface area contributed by atoms with E-state index >= 15 is 0 Å². The van der Waals surface area contributed by atoms with Crippen LogP contribution in [0.3, 0.4) is 0 Å². The van der Waals surface area contributed by atoms with Crippen molar-refractivity contribution in [1.82, 2.24) is 5.32 Å². The number of hydrogen-bond donors (Lipinski definition) is 4. The van der Waals surface area contributed by atoms with Crippen LogP contribution in [0.2, 0.25) is 0 Å². The molecule has 9 heteroatoms. The molecular formula is C17H18IN3O5. The van der Waals surface area contributed by atoms with Gasteiger partial charge < -0.3 is 20.8 Å². The highest BCUT2D eigenvalue weighted by Gasteiger charge is 2.17. The molecule has 0 fully saturated rings. The molecule has 0 radical (unpaired) electrons. The number of amides is 1. The standard InChI is InChI=1S/C17H18IN3O5/c1-10-8-11(18)2-4-14(10)20-15-5-3-12(21(25)26)9-13(15)17(24)19-7-6-16(22)23/h2-5,8-9,16,20,22-23H,6-7H2,1H3,(H,19,24). The summed E-state index contributed by atoms with van der Waals surface area (Å²) < 4.78 is 1.06. The van der Waals surface area contributed by atoms with Crippen LogP contribution in [0, 0.1) is 20.6 Å². The van der Waals surface area contributed by atoms with Crippen LogP contribution >= 0.6 is 22.6 Å². The third-order valence-corrected chi connectivity index (χ3v) is 4.28. The van der Waals surface area contributed by atoms with Crippen molar-refractivity contribution in [3.8, 4) is 0 Å². The predicted molar refractivity (Wildman–Crippen MR) is 105 cm³/mol. The summed E-state index contributed by atoms with van der Waals surface area (Å²) in [7, 11) is 0. The maximum absolute atomic E-state index is 12.4. The summed E-state index contributed by atoms with van der Waals surface area (Å²) >= 11 is 2.19. The van der Waals surface area contributed by atoms with Crippen molar-refractivity contribution >= 4 is 45.6 Å². The Hall–Kier alpha value is -2.24. The number of nitro groups is 1. The zero-order valence-electron chi connectivity index (χ0n) is 13.9. The number of anilines is 2. The summed E-state index contributed by atoms with van der Waals surface area (Å²) in [5, 5.41) is 34.4. The van der Waals surface area contributed by atoms with E-state index in [2.05, 4.69) is 33.2 Å². The number of benzene rings is 2. The van der Waals surface area contributed by atoms with E-state index < -0.39 is 17.1 Å². The van der Waals surface area contributed by atoms with Crippen LogP contribution in [0.15, 0.2) is 36.4 Å². The first-order valence-corrected chi connectivity index (χ1v) is 8.81. The molecule has 1 amide bonds. The van der Waals surface area contributed by atoms with E-state index in [1.54, 1.807) is 0 Å². The molecule has 0 unspecified atom stereocenters. The summed E-state index contributed by atoms with van der Waals surface area (Å²) in [5.41, 5.74) is 2.05. The van der Waals surface area contributed by atoms with Crippen molar-refractivity contribution < 1.29 is 19.9 Å². The molecule has 2 aromatic rings. The monoisotopic (exact) mass is 471 g/mol. The Bertz CT molecular complexity index is 826. The van der Waals surface area contributed by atoms with Gasteiger partial charge in [-0.1, -0.05) is 0 Å². The van der Waals surface area contributed by atoms with E-state index in [1.165, 1.54) is 18.2 Å². The van der Waals surface area contributed by atoms with E-state index in [0.717, 1.165) is 14.8 Å². The molecule has 4 N–H and O–H groups in total. The first-order chi connectivity index (χ1) is 12.3. The van der Waals surface area contributed by atoms with Gasteiger partial charge in [-0.05, 0) is 59.3 Å². The molecule has 138 valence electrons. The van der Waals surface area contributed by atoms with Crippen molar-refractivity contribution in [2.24, 2.45) is 0 Å². The highest BCUT2D eigenvalue weighted by atomic mass is 127. The Labute approximate surface area is 163 Å². The zero-order valence-corrected chi connectivity index (χ0v) is 16.1. The molecule has 0 bridgehead atoms. The van der Waals surface area contributed by atoms with Crippen molar-refractivity contribution in [2.45, 2.75) is 19.6 Å². The summed E-state index contributed by atoms with van der Waals surface area (Å²) in [6.45, 7) is 1.94. The summed E-state index contributed by atoms with van der Waals surface area (Å²) in [6, 6.07) is 9.72. The molecular weight excluding hydrogens is 453 g/mol. The van der Waals surface area contributed by atoms with E-state index in [-0.39, 0.29) is 24.2 Å². The van der Waals surface area contributed by atoms with Crippen LogP contribution in [0.25, 0.3) is 0 Å². The Morgan fingerprint density at radius 2 is 1.92 bits per heavy atom. The molecule has 0 atom stereocenters. The highest BCUT2D eigenvalue weighted by molar-refractivity contribution is 14.1. The zero-order chi connectivity index (χ0) is 19.3. The number of carbonyl (C=O) groups excluding carboxylic acids is 1. The van der Waals surface area contributed by atoms with E-state index in [1.807, 2.05) is 25.1 Å². The Balaban J connectivity index is 2.32. The van der Waals surface area contributed by atoms with Crippen molar-refractivity contribution in [3.05, 3.63) is 61.2 Å². The minimum absolute atomic E-state index is 0.0290. The highest BCUT2D eigenvalue weighted by Crippen LogP contribution is 2.27. The number of hydrogen-bond acceptors (Lipinski definition) is 6. The molecule has 26 heavy (non-hydrogen) atoms. The molecule has 0 aromatic heterocycles. The second-order valence-electron chi connectivity index (χ2n) is 5.60. The first kappa shape index (κ1) is 20.1. The van der Waals surface area contributed by atoms with Crippen LogP contribution in [-0.4, -0.2) is 33.9 Å². The quantitative estimate of drug-likeness (QED) is 0.213. The lowest BCUT2D eigenvalue weighted by Gasteiger charge is -2.14. The summed E-state index contributed by atoms with van der Waals surface area (Å²) in [6.07, 6.45) is -1.58. The molecule has 2 rings (SSSR count). The second kappa shape index (κ2) is 8.92. The van der Waals surface area contributed by atoms with E-state index in [4.69, 9.17) is 10.2 Å². The number of aliphatic hydroxyl groups excluding tert-OH is 1. The SMILES string of the molecule is Cc1cc(I)ccc1Nc1ccc([N+](=O)[O-])cc1C(=O)NCCC(O)O. The van der Waals surface area contributed by atoms with Crippen LogP contribution in [0.4, 0.5) is 17.1 Å². The largest absolute Gasteiger partial charge is 0.368 e. The predicted octanol–water partition coefficient (Wildman–Crippen LogP) is 2.68. The number of nitrogens with one attached hydrogen (secondary N) is 2. The van der Waals surface area contributed by atoms with Crippen molar-refractivity contribution in [1.29, 1.82) is 0 Å². The summed E-state index contributed by atoms with van der Waals surface area (Å²) in [4.78, 5) is 22.9. The van der Waals surface area contributed by atoms with Crippen molar-refractivity contribution in [2.75, 3.05) is 11.9 Å². The number of aliphatic hydroxyl groups is 2. The third kappa shape index (κ3) is 5.38. The molecule has 0 saturated carbocycles. The lowest BCUT2D eigenvalue weighted by molar-refractivity contribution is -0.384. The fourth-order valence-electron chi connectivity index (χ4n) is 2.27. The molecule has 2 aromatic carbocycles. The number of rotatable bonds is 7. The molecule has 0 aliphatic heterocycles. The molecule has 0 heterocycles. The fourth-order valence-corrected chi connectivity index (χ4v) is 2.91. The molecule has 0 spiro atoms. The third-order valence-electron chi connectivity index (χ3n) is 3.60. The number of aryl methyl sites for hydroxylation is 1. The first-order valence-electron chi connectivity index (χ1n) is 7.74. The van der Waals surface area contributed by atoms with Gasteiger partial charge in [0.25, 0.3) is 11.6 Å². The van der Waals surface area contributed by atoms with Gasteiger partial charge in [0.2, 0.25) is 0 Å². The van der Waals surface area contributed by atoms with E-state index in [0.29, 0.717) is 5.69 Å². The maximum Gasteiger partial charge on any atom is 0.270 e. The smallest absolute Gasteiger partial charge is 0.270 e. The van der Waals surface area contributed by atoms with Gasteiger partial charge >= 0.3 is 0 Å². The van der Waals surface area contributed by atoms with Gasteiger partial charge in [0.15, 0.2) is 6.29 Å². The molecule has 8 nitrogen and oxygen atoms in total. The average molecular weight is 471 g/mol. The van der Waals surface area contributed by atoms with Gasteiger partial charge in [-0.2, -0.15) is 0 Å². The van der Waals surface area contributed by atoms with Crippen LogP contribution in [0.1, 0.15) is 22.3 Å². The fraction of sp³-hybridized carbons (Fsp3) is 0.235. The van der Waals surface area contributed by atoms with Gasteiger partial charge in [0.1, 0.15) is 0 Å². The Morgan fingerprint density at radius 1 is 1.23 bits per heavy atom. The van der Waals surface area contributed by atoms with Crippen molar-refractivity contribution in [3.63, 3.8) is 0 Å². The maximum atomic E-state index is 12.4. The van der Waals surface area contributed by atoms with Gasteiger partial charge in [-0.3, -0.25) is 14.9 Å². The topological polar surface area (TPSA) is 125 Å². The number of halogens is 1. The number of non-ortho nitro benzene ring substituents is 1. The number of nitro benzene ring substituents is 1. The Morgan fingerprint density at radius 3 is 2.54 bits per heavy atom. The lowest BCUT2D eigenvalue weighted by atomic mass is 10.1. The number of carbonyl (C=O) groups is 1. The summed E-state index contributed by atoms with van der Waals surface area (Å²) in [5.74, 6) is -0.542. The van der Waals surface area contributed by atoms with Crippen LogP contribution in [-0.2, 0) is 0 Å².